The second-order valence-corrected chi connectivity index (χ2v) is 5.88. The molecule has 1 aliphatic rings. The average molecular weight is 290 g/mol. The minimum atomic E-state index is 0.453. The van der Waals surface area contributed by atoms with E-state index in [1.807, 2.05) is 0 Å². The van der Waals surface area contributed by atoms with Crippen molar-refractivity contribution in [1.82, 2.24) is 4.90 Å². The van der Waals surface area contributed by atoms with E-state index in [0.717, 1.165) is 19.7 Å². The number of likely N-dealkylation sites (N-methyl/N-ethyl adjacent to an activating group) is 1. The Bertz CT molecular complexity index is 309. The molecule has 1 aliphatic heterocycles. The summed E-state index contributed by atoms with van der Waals surface area (Å²) in [7, 11) is 2.16. The fourth-order valence-corrected chi connectivity index (χ4v) is 3.44. The van der Waals surface area contributed by atoms with E-state index in [2.05, 4.69) is 39.3 Å². The van der Waals surface area contributed by atoms with Crippen molar-refractivity contribution in [3.05, 3.63) is 20.8 Å². The molecule has 84 valence electrons. The van der Waals surface area contributed by atoms with E-state index in [0.29, 0.717) is 6.10 Å². The van der Waals surface area contributed by atoms with Gasteiger partial charge in [0.1, 0.15) is 0 Å². The van der Waals surface area contributed by atoms with Crippen LogP contribution in [0.2, 0.25) is 0 Å². The van der Waals surface area contributed by atoms with Crippen LogP contribution in [0.25, 0.3) is 0 Å². The standard InChI is InChI=1S/C11H16BrNOS/c1-13(7-9-3-2-5-14-9)8-11-10(12)4-6-15-11/h4,6,9H,2-3,5,7-8H2,1H3. The predicted molar refractivity (Wildman–Crippen MR) is 67.3 cm³/mol. The van der Waals surface area contributed by atoms with Crippen molar-refractivity contribution in [2.45, 2.75) is 25.5 Å². The van der Waals surface area contributed by atoms with E-state index >= 15 is 0 Å². The first-order chi connectivity index (χ1) is 7.25. The minimum absolute atomic E-state index is 0.453. The summed E-state index contributed by atoms with van der Waals surface area (Å²) in [5, 5.41) is 2.12. The van der Waals surface area contributed by atoms with Crippen molar-refractivity contribution in [2.24, 2.45) is 0 Å². The van der Waals surface area contributed by atoms with Crippen molar-refractivity contribution in [2.75, 3.05) is 20.2 Å². The molecule has 1 atom stereocenters. The second kappa shape index (κ2) is 5.43. The molecule has 1 saturated heterocycles. The van der Waals surface area contributed by atoms with Crippen molar-refractivity contribution in [1.29, 1.82) is 0 Å². The van der Waals surface area contributed by atoms with E-state index in [1.54, 1.807) is 11.3 Å². The molecule has 0 aromatic carbocycles. The Morgan fingerprint density at radius 3 is 3.13 bits per heavy atom. The number of hydrogen-bond acceptors (Lipinski definition) is 3. The maximum Gasteiger partial charge on any atom is 0.0702 e. The quantitative estimate of drug-likeness (QED) is 0.844. The highest BCUT2D eigenvalue weighted by molar-refractivity contribution is 9.10. The van der Waals surface area contributed by atoms with Gasteiger partial charge in [-0.3, -0.25) is 4.90 Å². The molecule has 0 aliphatic carbocycles. The number of hydrogen-bond donors (Lipinski definition) is 0. The van der Waals surface area contributed by atoms with Gasteiger partial charge < -0.3 is 4.74 Å². The highest BCUT2D eigenvalue weighted by atomic mass is 79.9. The van der Waals surface area contributed by atoms with Gasteiger partial charge in [0.25, 0.3) is 0 Å². The molecule has 2 nitrogen and oxygen atoms in total. The zero-order chi connectivity index (χ0) is 10.7. The minimum Gasteiger partial charge on any atom is -0.377 e. The number of rotatable bonds is 4. The van der Waals surface area contributed by atoms with Crippen LogP contribution in [0.15, 0.2) is 15.9 Å². The number of nitrogens with zero attached hydrogens (tertiary/aromatic N) is 1. The Labute approximate surface area is 103 Å². The highest BCUT2D eigenvalue weighted by Gasteiger charge is 2.17. The number of ether oxygens (including phenoxy) is 1. The van der Waals surface area contributed by atoms with E-state index in [1.165, 1.54) is 22.2 Å². The third-order valence-electron chi connectivity index (χ3n) is 2.64. The van der Waals surface area contributed by atoms with Crippen LogP contribution in [0.5, 0.6) is 0 Å². The van der Waals surface area contributed by atoms with Crippen molar-refractivity contribution in [3.63, 3.8) is 0 Å². The van der Waals surface area contributed by atoms with E-state index < -0.39 is 0 Å². The molecule has 0 spiro atoms. The predicted octanol–water partition coefficient (Wildman–Crippen LogP) is 3.12. The van der Waals surface area contributed by atoms with Gasteiger partial charge in [-0.2, -0.15) is 0 Å². The summed E-state index contributed by atoms with van der Waals surface area (Å²) in [5.41, 5.74) is 0. The molecule has 0 amide bonds. The van der Waals surface area contributed by atoms with Crippen LogP contribution in [-0.2, 0) is 11.3 Å². The Balaban J connectivity index is 1.81. The largest absolute Gasteiger partial charge is 0.377 e. The highest BCUT2D eigenvalue weighted by Crippen LogP contribution is 2.24. The van der Waals surface area contributed by atoms with Gasteiger partial charge in [-0.25, -0.2) is 0 Å². The summed E-state index contributed by atoms with van der Waals surface area (Å²) in [6.45, 7) is 3.00. The van der Waals surface area contributed by atoms with E-state index in [4.69, 9.17) is 4.74 Å². The SMILES string of the molecule is CN(Cc1sccc1Br)CC1CCCO1. The number of halogens is 1. The fourth-order valence-electron chi connectivity index (χ4n) is 1.88. The Kier molecular flexibility index (Phi) is 4.20. The molecule has 1 aromatic heterocycles. The molecule has 0 radical (unpaired) electrons. The van der Waals surface area contributed by atoms with Gasteiger partial charge in [-0.15, -0.1) is 11.3 Å². The van der Waals surface area contributed by atoms with Gasteiger partial charge in [0.15, 0.2) is 0 Å². The van der Waals surface area contributed by atoms with Crippen LogP contribution < -0.4 is 0 Å². The Hall–Kier alpha value is 0.1000. The summed E-state index contributed by atoms with van der Waals surface area (Å²) in [6.07, 6.45) is 2.89. The molecule has 4 heteroatoms. The first-order valence-electron chi connectivity index (χ1n) is 5.27. The van der Waals surface area contributed by atoms with Gasteiger partial charge >= 0.3 is 0 Å². The smallest absolute Gasteiger partial charge is 0.0702 e. The molecule has 2 rings (SSSR count). The zero-order valence-electron chi connectivity index (χ0n) is 8.91. The molecule has 2 heterocycles. The Morgan fingerprint density at radius 2 is 2.53 bits per heavy atom. The molecule has 15 heavy (non-hydrogen) atoms. The lowest BCUT2D eigenvalue weighted by Crippen LogP contribution is -2.28. The van der Waals surface area contributed by atoms with Crippen molar-refractivity contribution >= 4 is 27.3 Å². The third kappa shape index (κ3) is 3.28. The lowest BCUT2D eigenvalue weighted by Gasteiger charge is -2.19. The fraction of sp³-hybridized carbons (Fsp3) is 0.636. The van der Waals surface area contributed by atoms with Gasteiger partial charge in [0.2, 0.25) is 0 Å². The molecular weight excluding hydrogens is 274 g/mol. The summed E-state index contributed by atoms with van der Waals surface area (Å²) in [4.78, 5) is 3.74. The third-order valence-corrected chi connectivity index (χ3v) is 4.55. The normalized spacial score (nSPS) is 21.4. The topological polar surface area (TPSA) is 12.5 Å². The Morgan fingerprint density at radius 1 is 1.67 bits per heavy atom. The van der Waals surface area contributed by atoms with Gasteiger partial charge in [0.05, 0.1) is 6.10 Å². The molecule has 1 aromatic rings. The summed E-state index contributed by atoms with van der Waals surface area (Å²) < 4.78 is 6.85. The molecular formula is C11H16BrNOS. The lowest BCUT2D eigenvalue weighted by molar-refractivity contribution is 0.0795. The van der Waals surface area contributed by atoms with Crippen LogP contribution in [0.4, 0.5) is 0 Å². The molecule has 0 N–H and O–H groups in total. The first kappa shape index (κ1) is 11.6. The summed E-state index contributed by atoms with van der Waals surface area (Å²) in [6, 6.07) is 2.11. The molecule has 0 bridgehead atoms. The first-order valence-corrected chi connectivity index (χ1v) is 6.95. The molecule has 1 fully saturated rings. The number of thiophene rings is 1. The monoisotopic (exact) mass is 289 g/mol. The van der Waals surface area contributed by atoms with E-state index in [9.17, 15) is 0 Å². The molecule has 0 saturated carbocycles. The van der Waals surface area contributed by atoms with Crippen molar-refractivity contribution in [3.8, 4) is 0 Å². The average Bonchev–Trinajstić information content (AvgIpc) is 2.79. The van der Waals surface area contributed by atoms with Crippen LogP contribution in [0, 0.1) is 0 Å². The van der Waals surface area contributed by atoms with Gasteiger partial charge in [-0.05, 0) is 47.3 Å². The second-order valence-electron chi connectivity index (χ2n) is 4.02. The van der Waals surface area contributed by atoms with Crippen LogP contribution >= 0.6 is 27.3 Å². The van der Waals surface area contributed by atoms with Gasteiger partial charge in [-0.1, -0.05) is 0 Å². The van der Waals surface area contributed by atoms with Crippen molar-refractivity contribution < 1.29 is 4.74 Å². The van der Waals surface area contributed by atoms with Crippen LogP contribution in [-0.4, -0.2) is 31.2 Å². The maximum atomic E-state index is 5.62. The lowest BCUT2D eigenvalue weighted by atomic mass is 10.2. The summed E-state index contributed by atoms with van der Waals surface area (Å²) in [5.74, 6) is 0. The maximum absolute atomic E-state index is 5.62. The summed E-state index contributed by atoms with van der Waals surface area (Å²) >= 11 is 5.37. The van der Waals surface area contributed by atoms with Gasteiger partial charge in [0, 0.05) is 29.0 Å². The molecule has 1 unspecified atom stereocenters. The zero-order valence-corrected chi connectivity index (χ0v) is 11.3. The van der Waals surface area contributed by atoms with Crippen LogP contribution in [0.1, 0.15) is 17.7 Å². The van der Waals surface area contributed by atoms with E-state index in [-0.39, 0.29) is 0 Å². The van der Waals surface area contributed by atoms with Crippen LogP contribution in [0.3, 0.4) is 0 Å².